The average Bonchev–Trinajstić information content (AvgIpc) is 2.98. The van der Waals surface area contributed by atoms with E-state index in [0.717, 1.165) is 0 Å². The van der Waals surface area contributed by atoms with Crippen LogP contribution in [-0.4, -0.2) is 58.6 Å². The van der Waals surface area contributed by atoms with E-state index in [0.29, 0.717) is 0 Å². The summed E-state index contributed by atoms with van der Waals surface area (Å²) in [5.74, 6) is -2.74. The molecule has 2 aliphatic carbocycles. The van der Waals surface area contributed by atoms with E-state index >= 15 is 0 Å². The van der Waals surface area contributed by atoms with Crippen molar-refractivity contribution in [3.63, 3.8) is 0 Å². The second kappa shape index (κ2) is 7.72. The van der Waals surface area contributed by atoms with E-state index in [4.69, 9.17) is 14.2 Å². The highest BCUT2D eigenvalue weighted by atomic mass is 16.6. The van der Waals surface area contributed by atoms with Gasteiger partial charge in [-0.3, -0.25) is 9.59 Å². The first-order chi connectivity index (χ1) is 13.5. The fourth-order valence-electron chi connectivity index (χ4n) is 5.21. The molecule has 3 aliphatic rings. The molecule has 0 spiro atoms. The Morgan fingerprint density at radius 3 is 2.52 bits per heavy atom. The molecule has 8 nitrogen and oxygen atoms in total. The summed E-state index contributed by atoms with van der Waals surface area (Å²) in [6, 6.07) is 0. The maximum absolute atomic E-state index is 12.3. The van der Waals surface area contributed by atoms with Gasteiger partial charge in [0.15, 0.2) is 0 Å². The number of carbonyl (C=O) groups excluding carboxylic acids is 3. The van der Waals surface area contributed by atoms with Crippen molar-refractivity contribution in [3.8, 4) is 0 Å². The first kappa shape index (κ1) is 21.8. The van der Waals surface area contributed by atoms with Gasteiger partial charge in [0.1, 0.15) is 18.3 Å². The number of rotatable bonds is 4. The molecule has 0 amide bonds. The van der Waals surface area contributed by atoms with Crippen LogP contribution in [-0.2, 0) is 28.6 Å². The molecule has 0 aromatic rings. The van der Waals surface area contributed by atoms with E-state index in [-0.39, 0.29) is 36.7 Å². The summed E-state index contributed by atoms with van der Waals surface area (Å²) in [7, 11) is 0. The van der Waals surface area contributed by atoms with E-state index < -0.39 is 59.7 Å². The molecule has 0 bridgehead atoms. The van der Waals surface area contributed by atoms with Gasteiger partial charge in [-0.25, -0.2) is 4.79 Å². The topological polar surface area (TPSA) is 119 Å². The molecule has 2 saturated carbocycles. The van der Waals surface area contributed by atoms with Crippen molar-refractivity contribution in [3.05, 3.63) is 12.2 Å². The highest BCUT2D eigenvalue weighted by molar-refractivity contribution is 5.91. The summed E-state index contributed by atoms with van der Waals surface area (Å²) in [5.41, 5.74) is -0.944. The SMILES string of the molecule is C=C1C(=O)O[C@@H]2[C@@H]1[C@@H](OC(C)=O)[C@]1(C)[C@H](O)C[C@H](OC(=O)CC(C)C)[C@H]1C[C@H]2O. The van der Waals surface area contributed by atoms with Crippen LogP contribution >= 0.6 is 0 Å². The number of ether oxygens (including phenoxy) is 3. The third-order valence-corrected chi connectivity index (χ3v) is 6.65. The van der Waals surface area contributed by atoms with Gasteiger partial charge in [-0.2, -0.15) is 0 Å². The molecule has 1 saturated heterocycles. The Kier molecular flexibility index (Phi) is 5.80. The first-order valence-corrected chi connectivity index (χ1v) is 10.1. The van der Waals surface area contributed by atoms with Crippen LogP contribution < -0.4 is 0 Å². The van der Waals surface area contributed by atoms with Crippen LogP contribution in [0.5, 0.6) is 0 Å². The van der Waals surface area contributed by atoms with Crippen molar-refractivity contribution >= 4 is 17.9 Å². The molecule has 162 valence electrons. The maximum Gasteiger partial charge on any atom is 0.334 e. The molecule has 0 unspecified atom stereocenters. The summed E-state index contributed by atoms with van der Waals surface area (Å²) in [5, 5.41) is 21.8. The van der Waals surface area contributed by atoms with Crippen LogP contribution in [0.3, 0.4) is 0 Å². The van der Waals surface area contributed by atoms with Crippen molar-refractivity contribution in [1.82, 2.24) is 0 Å². The van der Waals surface area contributed by atoms with Crippen LogP contribution in [0.2, 0.25) is 0 Å². The van der Waals surface area contributed by atoms with Gasteiger partial charge in [-0.05, 0) is 12.3 Å². The molecule has 3 fully saturated rings. The lowest BCUT2D eigenvalue weighted by Gasteiger charge is -2.42. The summed E-state index contributed by atoms with van der Waals surface area (Å²) < 4.78 is 16.6. The smallest absolute Gasteiger partial charge is 0.334 e. The maximum atomic E-state index is 12.3. The molecule has 1 heterocycles. The lowest BCUT2D eigenvalue weighted by atomic mass is 9.68. The number of esters is 3. The second-order valence-electron chi connectivity index (χ2n) is 9.10. The van der Waals surface area contributed by atoms with Gasteiger partial charge in [0.05, 0.1) is 18.1 Å². The molecule has 8 atom stereocenters. The Hall–Kier alpha value is -1.93. The molecule has 2 N–H and O–H groups in total. The molecular weight excluding hydrogens is 380 g/mol. The van der Waals surface area contributed by atoms with E-state index in [9.17, 15) is 24.6 Å². The highest BCUT2D eigenvalue weighted by Crippen LogP contribution is 2.57. The van der Waals surface area contributed by atoms with Gasteiger partial charge in [-0.15, -0.1) is 0 Å². The number of aliphatic hydroxyl groups excluding tert-OH is 2. The normalized spacial score (nSPS) is 41.4. The zero-order valence-corrected chi connectivity index (χ0v) is 17.3. The van der Waals surface area contributed by atoms with Crippen molar-refractivity contribution < 1.29 is 38.8 Å². The van der Waals surface area contributed by atoms with Crippen LogP contribution in [0.25, 0.3) is 0 Å². The van der Waals surface area contributed by atoms with Gasteiger partial charge >= 0.3 is 17.9 Å². The quantitative estimate of drug-likeness (QED) is 0.402. The van der Waals surface area contributed by atoms with Gasteiger partial charge in [0, 0.05) is 36.7 Å². The van der Waals surface area contributed by atoms with Gasteiger partial charge in [0.25, 0.3) is 0 Å². The van der Waals surface area contributed by atoms with Crippen molar-refractivity contribution in [2.24, 2.45) is 23.2 Å². The summed E-state index contributed by atoms with van der Waals surface area (Å²) in [6.07, 6.45) is -4.02. The minimum Gasteiger partial charge on any atom is -0.462 e. The average molecular weight is 410 g/mol. The third kappa shape index (κ3) is 3.68. The largest absolute Gasteiger partial charge is 0.462 e. The Labute approximate surface area is 170 Å². The number of fused-ring (bicyclic) bond motifs is 2. The van der Waals surface area contributed by atoms with Crippen LogP contribution in [0.4, 0.5) is 0 Å². The van der Waals surface area contributed by atoms with E-state index in [1.807, 2.05) is 13.8 Å². The predicted molar refractivity (Wildman–Crippen MR) is 100 cm³/mol. The van der Waals surface area contributed by atoms with Crippen molar-refractivity contribution in [2.45, 2.75) is 77.5 Å². The molecular formula is C21H30O8. The molecule has 1 aliphatic heterocycles. The zero-order chi connectivity index (χ0) is 21.7. The summed E-state index contributed by atoms with van der Waals surface area (Å²) in [6.45, 7) is 10.6. The third-order valence-electron chi connectivity index (χ3n) is 6.65. The molecule has 0 radical (unpaired) electrons. The minimum absolute atomic E-state index is 0.106. The van der Waals surface area contributed by atoms with E-state index in [1.165, 1.54) is 6.92 Å². The molecule has 3 rings (SSSR count). The monoisotopic (exact) mass is 410 g/mol. The number of aliphatic hydroxyl groups is 2. The standard InChI is InChI=1S/C21H30O8/c1-9(2)6-16(25)28-14-8-15(24)21(5)12(14)7-13(23)18-17(10(3)20(26)29-18)19(21)27-11(4)22/h9,12-15,17-19,23-24H,3,6-8H2,1-2,4-5H3/t12-,13-,14+,15-,17-,18+,19-,21+/m1/s1. The van der Waals surface area contributed by atoms with Crippen molar-refractivity contribution in [2.75, 3.05) is 0 Å². The van der Waals surface area contributed by atoms with Crippen LogP contribution in [0.1, 0.15) is 47.0 Å². The first-order valence-electron chi connectivity index (χ1n) is 10.1. The predicted octanol–water partition coefficient (Wildman–Crippen LogP) is 1.13. The van der Waals surface area contributed by atoms with Gasteiger partial charge in [0.2, 0.25) is 0 Å². The van der Waals surface area contributed by atoms with Crippen molar-refractivity contribution in [1.29, 1.82) is 0 Å². The lowest BCUT2D eigenvalue weighted by Crippen LogP contribution is -2.50. The van der Waals surface area contributed by atoms with E-state index in [2.05, 4.69) is 6.58 Å². The Balaban J connectivity index is 1.99. The Morgan fingerprint density at radius 1 is 1.28 bits per heavy atom. The lowest BCUT2D eigenvalue weighted by molar-refractivity contribution is -0.169. The summed E-state index contributed by atoms with van der Waals surface area (Å²) >= 11 is 0. The number of hydrogen-bond acceptors (Lipinski definition) is 8. The molecule has 8 heteroatoms. The molecule has 0 aromatic heterocycles. The van der Waals surface area contributed by atoms with Gasteiger partial charge < -0.3 is 24.4 Å². The zero-order valence-electron chi connectivity index (χ0n) is 17.3. The van der Waals surface area contributed by atoms with Crippen LogP contribution in [0.15, 0.2) is 12.2 Å². The number of carbonyl (C=O) groups is 3. The summed E-state index contributed by atoms with van der Waals surface area (Å²) in [4.78, 5) is 36.3. The molecule has 0 aromatic carbocycles. The fourth-order valence-corrected chi connectivity index (χ4v) is 5.21. The highest BCUT2D eigenvalue weighted by Gasteiger charge is 2.66. The van der Waals surface area contributed by atoms with Crippen LogP contribution in [0, 0.1) is 23.2 Å². The Bertz CT molecular complexity index is 715. The minimum atomic E-state index is -1.07. The van der Waals surface area contributed by atoms with E-state index in [1.54, 1.807) is 6.92 Å². The second-order valence-corrected chi connectivity index (χ2v) is 9.10. The fraction of sp³-hybridized carbons (Fsp3) is 0.762. The number of hydrogen-bond donors (Lipinski definition) is 2. The molecule has 29 heavy (non-hydrogen) atoms. The van der Waals surface area contributed by atoms with Gasteiger partial charge in [-0.1, -0.05) is 27.4 Å². The Morgan fingerprint density at radius 2 is 1.93 bits per heavy atom.